The van der Waals surface area contributed by atoms with Crippen LogP contribution in [0.25, 0.3) is 0 Å². The van der Waals surface area contributed by atoms with Gasteiger partial charge in [-0.05, 0) is 77.0 Å². The summed E-state index contributed by atoms with van der Waals surface area (Å²) in [5.41, 5.74) is 0. The van der Waals surface area contributed by atoms with Crippen LogP contribution in [0.3, 0.4) is 0 Å². The van der Waals surface area contributed by atoms with Gasteiger partial charge in [-0.15, -0.1) is 0 Å². The maximum atomic E-state index is 12.8. The molecule has 0 radical (unpaired) electrons. The molecule has 0 amide bonds. The SMILES string of the molecule is CC/C=C\C/C=C\C/C=C\CCCCCCCCOCC(COC(=O)CCCCCCCCC/C=C\CCCCCCCC)OC(=O)CCCCCCCCCCCCC. The predicted octanol–water partition coefficient (Wildman–Crippen LogP) is 17.6. The Hall–Kier alpha value is -2.14. The number of hydrogen-bond donors (Lipinski definition) is 0. The van der Waals surface area contributed by atoms with Gasteiger partial charge in [0.15, 0.2) is 6.10 Å². The second-order valence-corrected chi connectivity index (χ2v) is 17.4. The van der Waals surface area contributed by atoms with E-state index in [-0.39, 0.29) is 25.2 Å². The summed E-state index contributed by atoms with van der Waals surface area (Å²) in [6.45, 7) is 7.71. The molecule has 0 aliphatic heterocycles. The van der Waals surface area contributed by atoms with Crippen LogP contribution in [0.15, 0.2) is 48.6 Å². The number of rotatable bonds is 48. The molecule has 0 saturated carbocycles. The molecule has 0 N–H and O–H groups in total. The topological polar surface area (TPSA) is 61.8 Å². The van der Waals surface area contributed by atoms with Crippen LogP contribution in [0.1, 0.15) is 265 Å². The maximum absolute atomic E-state index is 12.8. The molecule has 0 fully saturated rings. The highest BCUT2D eigenvalue weighted by Gasteiger charge is 2.17. The van der Waals surface area contributed by atoms with Crippen molar-refractivity contribution in [3.63, 3.8) is 0 Å². The minimum Gasteiger partial charge on any atom is -0.462 e. The minimum atomic E-state index is -0.541. The number of allylic oxidation sites excluding steroid dienone is 8. The van der Waals surface area contributed by atoms with E-state index < -0.39 is 6.10 Å². The van der Waals surface area contributed by atoms with Crippen LogP contribution in [0.2, 0.25) is 0 Å². The van der Waals surface area contributed by atoms with Crippen molar-refractivity contribution in [1.82, 2.24) is 0 Å². The molecule has 0 rings (SSSR count). The van der Waals surface area contributed by atoms with Crippen molar-refractivity contribution >= 4 is 11.9 Å². The molecule has 0 heterocycles. The first-order valence-electron chi connectivity index (χ1n) is 26.2. The molecule has 0 bridgehead atoms. The molecule has 1 unspecified atom stereocenters. The molecule has 0 saturated heterocycles. The zero-order chi connectivity index (χ0) is 43.5. The predicted molar refractivity (Wildman–Crippen MR) is 261 cm³/mol. The third kappa shape index (κ3) is 48.5. The summed E-state index contributed by atoms with van der Waals surface area (Å²) < 4.78 is 17.4. The standard InChI is InChI=1S/C55H100O5/c1-4-7-10-13-16-19-22-24-26-28-29-31-34-36-39-42-45-48-54(56)59-52-53(60-55(57)49-46-43-40-37-33-21-18-15-12-9-6-3)51-58-50-47-44-41-38-35-32-30-27-25-23-20-17-14-11-8-5-2/h8,11,17,20,24-27,53H,4-7,9-10,12-16,18-19,21-23,28-52H2,1-3H3/b11-8-,20-17-,26-24-,27-25-. The summed E-state index contributed by atoms with van der Waals surface area (Å²) in [5, 5.41) is 0. The van der Waals surface area contributed by atoms with Gasteiger partial charge in [0.25, 0.3) is 0 Å². The quantitative estimate of drug-likeness (QED) is 0.0347. The lowest BCUT2D eigenvalue weighted by Crippen LogP contribution is -2.30. The highest BCUT2D eigenvalue weighted by molar-refractivity contribution is 5.70. The van der Waals surface area contributed by atoms with Crippen molar-refractivity contribution in [3.8, 4) is 0 Å². The number of carbonyl (C=O) groups excluding carboxylic acids is 2. The average molecular weight is 841 g/mol. The van der Waals surface area contributed by atoms with Crippen molar-refractivity contribution in [1.29, 1.82) is 0 Å². The van der Waals surface area contributed by atoms with E-state index in [1.807, 2.05) is 0 Å². The van der Waals surface area contributed by atoms with Crippen molar-refractivity contribution in [2.75, 3.05) is 19.8 Å². The normalized spacial score (nSPS) is 12.5. The molecular formula is C55H100O5. The van der Waals surface area contributed by atoms with Gasteiger partial charge in [0, 0.05) is 19.4 Å². The molecule has 0 aliphatic rings. The molecule has 0 aromatic carbocycles. The maximum Gasteiger partial charge on any atom is 0.306 e. The summed E-state index contributed by atoms with van der Waals surface area (Å²) in [7, 11) is 0. The minimum absolute atomic E-state index is 0.0806. The smallest absolute Gasteiger partial charge is 0.306 e. The Balaban J connectivity index is 4.23. The van der Waals surface area contributed by atoms with E-state index in [9.17, 15) is 9.59 Å². The zero-order valence-corrected chi connectivity index (χ0v) is 40.2. The fourth-order valence-electron chi connectivity index (χ4n) is 7.46. The van der Waals surface area contributed by atoms with Gasteiger partial charge in [0.1, 0.15) is 6.61 Å². The fraction of sp³-hybridized carbons (Fsp3) is 0.818. The molecule has 0 aromatic rings. The molecule has 1 atom stereocenters. The first-order chi connectivity index (χ1) is 29.6. The largest absolute Gasteiger partial charge is 0.462 e. The van der Waals surface area contributed by atoms with Crippen LogP contribution in [0, 0.1) is 0 Å². The molecule has 60 heavy (non-hydrogen) atoms. The molecule has 5 nitrogen and oxygen atoms in total. The van der Waals surface area contributed by atoms with Crippen molar-refractivity contribution in [2.24, 2.45) is 0 Å². The Labute approximate surface area is 373 Å². The van der Waals surface area contributed by atoms with Crippen LogP contribution in [-0.4, -0.2) is 37.9 Å². The van der Waals surface area contributed by atoms with Crippen molar-refractivity contribution in [2.45, 2.75) is 271 Å². The summed E-state index contributed by atoms with van der Waals surface area (Å²) >= 11 is 0. The van der Waals surface area contributed by atoms with Crippen LogP contribution in [-0.2, 0) is 23.8 Å². The molecule has 0 aromatic heterocycles. The third-order valence-corrected chi connectivity index (χ3v) is 11.3. The van der Waals surface area contributed by atoms with Crippen LogP contribution >= 0.6 is 0 Å². The summed E-state index contributed by atoms with van der Waals surface area (Å²) in [6.07, 6.45) is 62.6. The lowest BCUT2D eigenvalue weighted by Gasteiger charge is -2.18. The van der Waals surface area contributed by atoms with E-state index in [1.54, 1.807) is 0 Å². The molecule has 0 aliphatic carbocycles. The fourth-order valence-corrected chi connectivity index (χ4v) is 7.46. The number of ether oxygens (including phenoxy) is 3. The second-order valence-electron chi connectivity index (χ2n) is 17.4. The van der Waals surface area contributed by atoms with Gasteiger partial charge >= 0.3 is 11.9 Å². The van der Waals surface area contributed by atoms with Gasteiger partial charge in [0.2, 0.25) is 0 Å². The van der Waals surface area contributed by atoms with Gasteiger partial charge in [0.05, 0.1) is 6.61 Å². The Bertz CT molecular complexity index is 997. The zero-order valence-electron chi connectivity index (χ0n) is 40.2. The molecule has 350 valence electrons. The lowest BCUT2D eigenvalue weighted by molar-refractivity contribution is -0.163. The number of unbranched alkanes of at least 4 members (excludes halogenated alkanes) is 29. The number of esters is 2. The van der Waals surface area contributed by atoms with Gasteiger partial charge in [-0.1, -0.05) is 223 Å². The first-order valence-corrected chi connectivity index (χ1v) is 26.2. The van der Waals surface area contributed by atoms with E-state index in [0.29, 0.717) is 19.4 Å². The van der Waals surface area contributed by atoms with E-state index in [2.05, 4.69) is 69.4 Å². The summed E-state index contributed by atoms with van der Waals surface area (Å²) in [4.78, 5) is 25.4. The van der Waals surface area contributed by atoms with Gasteiger partial charge < -0.3 is 14.2 Å². The van der Waals surface area contributed by atoms with Gasteiger partial charge in [-0.3, -0.25) is 9.59 Å². The van der Waals surface area contributed by atoms with E-state index >= 15 is 0 Å². The van der Waals surface area contributed by atoms with Crippen LogP contribution < -0.4 is 0 Å². The van der Waals surface area contributed by atoms with Crippen molar-refractivity contribution in [3.05, 3.63) is 48.6 Å². The molecule has 0 spiro atoms. The van der Waals surface area contributed by atoms with Crippen LogP contribution in [0.4, 0.5) is 0 Å². The van der Waals surface area contributed by atoms with E-state index in [1.165, 1.54) is 167 Å². The van der Waals surface area contributed by atoms with E-state index in [4.69, 9.17) is 14.2 Å². The Morgan fingerprint density at radius 1 is 0.383 bits per heavy atom. The highest BCUT2D eigenvalue weighted by atomic mass is 16.6. The second kappa shape index (κ2) is 51.2. The number of carbonyl (C=O) groups is 2. The number of hydrogen-bond acceptors (Lipinski definition) is 5. The van der Waals surface area contributed by atoms with Crippen LogP contribution in [0.5, 0.6) is 0 Å². The third-order valence-electron chi connectivity index (χ3n) is 11.3. The van der Waals surface area contributed by atoms with E-state index in [0.717, 1.165) is 64.2 Å². The average Bonchev–Trinajstić information content (AvgIpc) is 3.25. The van der Waals surface area contributed by atoms with Gasteiger partial charge in [-0.25, -0.2) is 0 Å². The summed E-state index contributed by atoms with van der Waals surface area (Å²) in [5.74, 6) is -0.400. The van der Waals surface area contributed by atoms with Crippen molar-refractivity contribution < 1.29 is 23.8 Å². The molecular weight excluding hydrogens is 741 g/mol. The lowest BCUT2D eigenvalue weighted by atomic mass is 10.1. The Kier molecular flexibility index (Phi) is 49.4. The molecule has 5 heteroatoms. The summed E-state index contributed by atoms with van der Waals surface area (Å²) in [6, 6.07) is 0. The highest BCUT2D eigenvalue weighted by Crippen LogP contribution is 2.15. The monoisotopic (exact) mass is 841 g/mol. The Morgan fingerprint density at radius 3 is 1.22 bits per heavy atom. The first kappa shape index (κ1) is 57.9. The van der Waals surface area contributed by atoms with Gasteiger partial charge in [-0.2, -0.15) is 0 Å². The Morgan fingerprint density at radius 2 is 0.750 bits per heavy atom.